The van der Waals surface area contributed by atoms with Crippen molar-refractivity contribution in [2.75, 3.05) is 13.2 Å². The molecule has 1 aromatic heterocycles. The Labute approximate surface area is 166 Å². The topological polar surface area (TPSA) is 85.6 Å². The Morgan fingerprint density at radius 2 is 1.93 bits per heavy atom. The lowest BCUT2D eigenvalue weighted by molar-refractivity contribution is -0.124. The largest absolute Gasteiger partial charge is 0.450 e. The van der Waals surface area contributed by atoms with Gasteiger partial charge in [-0.25, -0.2) is 4.79 Å². The summed E-state index contributed by atoms with van der Waals surface area (Å²) >= 11 is 5.85. The Morgan fingerprint density at radius 3 is 2.71 bits per heavy atom. The lowest BCUT2D eigenvalue weighted by Crippen LogP contribution is -2.30. The first-order chi connectivity index (χ1) is 13.4. The summed E-state index contributed by atoms with van der Waals surface area (Å²) in [5.74, 6) is -1.59. The third-order valence-corrected chi connectivity index (χ3v) is 4.44. The summed E-state index contributed by atoms with van der Waals surface area (Å²) in [6.45, 7) is 1.96. The summed E-state index contributed by atoms with van der Waals surface area (Å²) < 4.78 is 10.3. The second-order valence-corrected chi connectivity index (χ2v) is 6.65. The van der Waals surface area contributed by atoms with Crippen LogP contribution in [-0.2, 0) is 16.0 Å². The highest BCUT2D eigenvalue weighted by molar-refractivity contribution is 6.31. The highest BCUT2D eigenvalue weighted by atomic mass is 35.5. The molecule has 0 spiro atoms. The molecule has 6 nitrogen and oxygen atoms in total. The van der Waals surface area contributed by atoms with Gasteiger partial charge in [0.2, 0.25) is 5.76 Å². The minimum absolute atomic E-state index is 0.214. The quantitative estimate of drug-likeness (QED) is 0.643. The summed E-state index contributed by atoms with van der Waals surface area (Å²) in [7, 11) is 0. The molecule has 0 atom stereocenters. The molecule has 0 aliphatic carbocycles. The zero-order chi connectivity index (χ0) is 20.1. The second kappa shape index (κ2) is 8.71. The predicted molar refractivity (Wildman–Crippen MR) is 106 cm³/mol. The molecule has 0 fully saturated rings. The van der Waals surface area contributed by atoms with Crippen LogP contribution >= 0.6 is 11.6 Å². The molecule has 1 heterocycles. The smallest absolute Gasteiger partial charge is 0.374 e. The van der Waals surface area contributed by atoms with Gasteiger partial charge in [0.1, 0.15) is 5.58 Å². The standard InChI is InChI=1S/C21H18ClNO5/c1-13-4-2-3-5-14(13)8-9-23-20(25)12-27-21(26)19-11-17(24)16-10-15(22)6-7-18(16)28-19/h2-7,10-11H,8-9,12H2,1H3,(H,23,25). The number of esters is 1. The van der Waals surface area contributed by atoms with Crippen molar-refractivity contribution in [3.05, 3.63) is 80.7 Å². The average Bonchev–Trinajstić information content (AvgIpc) is 2.68. The van der Waals surface area contributed by atoms with Gasteiger partial charge in [-0.2, -0.15) is 0 Å². The molecule has 144 valence electrons. The highest BCUT2D eigenvalue weighted by Crippen LogP contribution is 2.18. The summed E-state index contributed by atoms with van der Waals surface area (Å²) in [5, 5.41) is 3.34. The van der Waals surface area contributed by atoms with Gasteiger partial charge >= 0.3 is 5.97 Å². The van der Waals surface area contributed by atoms with Crippen molar-refractivity contribution in [1.29, 1.82) is 0 Å². The summed E-state index contributed by atoms with van der Waals surface area (Å²) in [5.41, 5.74) is 2.08. The van der Waals surface area contributed by atoms with Crippen molar-refractivity contribution >= 4 is 34.4 Å². The number of hydrogen-bond acceptors (Lipinski definition) is 5. The number of aryl methyl sites for hydroxylation is 1. The van der Waals surface area contributed by atoms with E-state index in [9.17, 15) is 14.4 Å². The maximum Gasteiger partial charge on any atom is 0.374 e. The molecule has 3 rings (SSSR count). The fourth-order valence-corrected chi connectivity index (χ4v) is 2.88. The maximum atomic E-state index is 12.1. The average molecular weight is 400 g/mol. The van der Waals surface area contributed by atoms with Gasteiger partial charge in [-0.15, -0.1) is 0 Å². The molecule has 3 aromatic rings. The Bertz CT molecular complexity index is 1090. The van der Waals surface area contributed by atoms with Crippen LogP contribution in [0.4, 0.5) is 0 Å². The van der Waals surface area contributed by atoms with Crippen molar-refractivity contribution in [2.45, 2.75) is 13.3 Å². The normalized spacial score (nSPS) is 10.6. The van der Waals surface area contributed by atoms with Gasteiger partial charge in [0, 0.05) is 17.6 Å². The molecule has 1 N–H and O–H groups in total. The van der Waals surface area contributed by atoms with Gasteiger partial charge in [-0.3, -0.25) is 9.59 Å². The van der Waals surface area contributed by atoms with E-state index >= 15 is 0 Å². The molecule has 0 aliphatic heterocycles. The lowest BCUT2D eigenvalue weighted by atomic mass is 10.1. The molecule has 0 aliphatic rings. The molecule has 7 heteroatoms. The first-order valence-corrected chi connectivity index (χ1v) is 9.03. The van der Waals surface area contributed by atoms with Crippen LogP contribution in [-0.4, -0.2) is 25.0 Å². The molecular formula is C21H18ClNO5. The number of amides is 1. The number of benzene rings is 2. The molecule has 28 heavy (non-hydrogen) atoms. The molecule has 1 amide bonds. The minimum atomic E-state index is -0.886. The number of nitrogens with one attached hydrogen (secondary N) is 1. The zero-order valence-corrected chi connectivity index (χ0v) is 15.9. The van der Waals surface area contributed by atoms with Crippen LogP contribution < -0.4 is 10.7 Å². The Morgan fingerprint density at radius 1 is 1.14 bits per heavy atom. The third-order valence-electron chi connectivity index (χ3n) is 4.20. The van der Waals surface area contributed by atoms with Crippen molar-refractivity contribution in [1.82, 2.24) is 5.32 Å². The van der Waals surface area contributed by atoms with E-state index in [4.69, 9.17) is 20.8 Å². The van der Waals surface area contributed by atoms with Crippen molar-refractivity contribution in [3.8, 4) is 0 Å². The number of hydrogen-bond donors (Lipinski definition) is 1. The van der Waals surface area contributed by atoms with Gasteiger partial charge in [-0.05, 0) is 42.7 Å². The third kappa shape index (κ3) is 4.78. The van der Waals surface area contributed by atoms with Crippen molar-refractivity contribution in [3.63, 3.8) is 0 Å². The molecule has 0 bridgehead atoms. The van der Waals surface area contributed by atoms with Gasteiger partial charge in [0.05, 0.1) is 5.39 Å². The summed E-state index contributed by atoms with van der Waals surface area (Å²) in [4.78, 5) is 36.1. The monoisotopic (exact) mass is 399 g/mol. The molecular weight excluding hydrogens is 382 g/mol. The van der Waals surface area contributed by atoms with Crippen LogP contribution in [0.25, 0.3) is 11.0 Å². The fourth-order valence-electron chi connectivity index (χ4n) is 2.71. The van der Waals surface area contributed by atoms with Gasteiger partial charge in [-0.1, -0.05) is 35.9 Å². The number of rotatable bonds is 6. The minimum Gasteiger partial charge on any atom is -0.450 e. The van der Waals surface area contributed by atoms with E-state index in [0.717, 1.165) is 17.2 Å². The van der Waals surface area contributed by atoms with E-state index < -0.39 is 23.9 Å². The number of halogens is 1. The number of carbonyl (C=O) groups excluding carboxylic acids is 2. The number of carbonyl (C=O) groups is 2. The fraction of sp³-hybridized carbons (Fsp3) is 0.190. The van der Waals surface area contributed by atoms with E-state index in [-0.39, 0.29) is 16.7 Å². The van der Waals surface area contributed by atoms with Crippen LogP contribution in [0.2, 0.25) is 5.02 Å². The Kier molecular flexibility index (Phi) is 6.11. The summed E-state index contributed by atoms with van der Waals surface area (Å²) in [6.07, 6.45) is 0.675. The summed E-state index contributed by atoms with van der Waals surface area (Å²) in [6, 6.07) is 13.4. The molecule has 0 saturated carbocycles. The van der Waals surface area contributed by atoms with Crippen LogP contribution in [0.3, 0.4) is 0 Å². The van der Waals surface area contributed by atoms with Crippen LogP contribution in [0.15, 0.2) is 57.7 Å². The first kappa shape index (κ1) is 19.6. The molecule has 0 radical (unpaired) electrons. The SMILES string of the molecule is Cc1ccccc1CCNC(=O)COC(=O)c1cc(=O)c2cc(Cl)ccc2o1. The molecule has 2 aromatic carbocycles. The van der Waals surface area contributed by atoms with Crippen molar-refractivity contribution < 1.29 is 18.7 Å². The van der Waals surface area contributed by atoms with Gasteiger partial charge < -0.3 is 14.5 Å². The van der Waals surface area contributed by atoms with Gasteiger partial charge in [0.15, 0.2) is 12.0 Å². The molecule has 0 saturated heterocycles. The lowest BCUT2D eigenvalue weighted by Gasteiger charge is -2.08. The number of ether oxygens (including phenoxy) is 1. The Balaban J connectivity index is 1.54. The van der Waals surface area contributed by atoms with Crippen molar-refractivity contribution in [2.24, 2.45) is 0 Å². The highest BCUT2D eigenvalue weighted by Gasteiger charge is 2.15. The van der Waals surface area contributed by atoms with Gasteiger partial charge in [0.25, 0.3) is 5.91 Å². The Hall–Kier alpha value is -3.12. The van der Waals surface area contributed by atoms with Crippen LogP contribution in [0, 0.1) is 6.92 Å². The van der Waals surface area contributed by atoms with E-state index in [1.54, 1.807) is 6.07 Å². The van der Waals surface area contributed by atoms with Crippen LogP contribution in [0.5, 0.6) is 0 Å². The van der Waals surface area contributed by atoms with Crippen LogP contribution in [0.1, 0.15) is 21.7 Å². The first-order valence-electron chi connectivity index (χ1n) is 8.66. The predicted octanol–water partition coefficient (Wildman–Crippen LogP) is 3.27. The molecule has 0 unspecified atom stereocenters. The van der Waals surface area contributed by atoms with E-state index in [1.807, 2.05) is 31.2 Å². The van der Waals surface area contributed by atoms with E-state index in [2.05, 4.69) is 5.32 Å². The zero-order valence-electron chi connectivity index (χ0n) is 15.2. The maximum absolute atomic E-state index is 12.1. The van der Waals surface area contributed by atoms with E-state index in [0.29, 0.717) is 18.0 Å². The van der Waals surface area contributed by atoms with E-state index in [1.165, 1.54) is 12.1 Å². The number of fused-ring (bicyclic) bond motifs is 1. The second-order valence-electron chi connectivity index (χ2n) is 6.22.